The van der Waals surface area contributed by atoms with Crippen molar-refractivity contribution in [2.45, 2.75) is 0 Å². The Kier molecular flexibility index (Phi) is 5.19. The Morgan fingerprint density at radius 1 is 0.467 bits per heavy atom. The molecule has 3 aromatic heterocycles. The van der Waals surface area contributed by atoms with Crippen LogP contribution in [0, 0.1) is 0 Å². The van der Waals surface area contributed by atoms with Gasteiger partial charge in [-0.3, -0.25) is 0 Å². The van der Waals surface area contributed by atoms with Crippen LogP contribution in [0.5, 0.6) is 0 Å². The fourth-order valence-corrected chi connectivity index (χ4v) is 3.82. The van der Waals surface area contributed by atoms with Gasteiger partial charge in [0.15, 0.2) is 0 Å². The third-order valence-corrected chi connectivity index (χ3v) is 5.46. The van der Waals surface area contributed by atoms with Crippen molar-refractivity contribution in [2.24, 2.45) is 0 Å². The summed E-state index contributed by atoms with van der Waals surface area (Å²) in [5.74, 6) is 3.34. The minimum absolute atomic E-state index is 0.784. The fraction of sp³-hybridized carbons (Fsp3) is 0.400. The second kappa shape index (κ2) is 8.44. The molecule has 0 spiro atoms. The first-order valence-electron chi connectivity index (χ1n) is 10.2. The maximum Gasteiger partial charge on any atom is 0.227 e. The molecule has 0 unspecified atom stereocenters. The Morgan fingerprint density at radius 2 is 0.867 bits per heavy atom. The van der Waals surface area contributed by atoms with Crippen molar-refractivity contribution >= 4 is 23.7 Å². The Labute approximate surface area is 175 Å². The number of anilines is 4. The van der Waals surface area contributed by atoms with Crippen molar-refractivity contribution in [1.29, 1.82) is 0 Å². The van der Waals surface area contributed by atoms with Crippen LogP contribution >= 0.6 is 0 Å². The van der Waals surface area contributed by atoms with Gasteiger partial charge in [0.2, 0.25) is 17.8 Å². The maximum absolute atomic E-state index is 4.86. The van der Waals surface area contributed by atoms with E-state index < -0.39 is 0 Å². The molecule has 2 aliphatic rings. The van der Waals surface area contributed by atoms with Crippen LogP contribution in [-0.2, 0) is 0 Å². The van der Waals surface area contributed by atoms with Gasteiger partial charge in [-0.2, -0.15) is 4.98 Å². The molecule has 154 valence electrons. The SMILES string of the molecule is c1cnc(N2CCN(c3ccnc(N4CCN(c5ncccn5)CC4)n3)CC2)nc1. The van der Waals surface area contributed by atoms with E-state index in [-0.39, 0.29) is 0 Å². The van der Waals surface area contributed by atoms with E-state index in [1.54, 1.807) is 24.8 Å². The van der Waals surface area contributed by atoms with Gasteiger partial charge >= 0.3 is 0 Å². The quantitative estimate of drug-likeness (QED) is 0.619. The van der Waals surface area contributed by atoms with Gasteiger partial charge < -0.3 is 19.6 Å². The van der Waals surface area contributed by atoms with E-state index >= 15 is 0 Å². The van der Waals surface area contributed by atoms with Gasteiger partial charge in [0.1, 0.15) is 5.82 Å². The molecule has 2 aliphatic heterocycles. The fourth-order valence-electron chi connectivity index (χ4n) is 3.82. The Balaban J connectivity index is 1.20. The third-order valence-electron chi connectivity index (χ3n) is 5.46. The predicted molar refractivity (Wildman–Crippen MR) is 115 cm³/mol. The Hall–Kier alpha value is -3.56. The van der Waals surface area contributed by atoms with Gasteiger partial charge in [0.25, 0.3) is 0 Å². The smallest absolute Gasteiger partial charge is 0.227 e. The van der Waals surface area contributed by atoms with Crippen molar-refractivity contribution in [3.8, 4) is 0 Å². The van der Waals surface area contributed by atoms with Crippen molar-refractivity contribution in [3.63, 3.8) is 0 Å². The third kappa shape index (κ3) is 3.93. The zero-order valence-corrected chi connectivity index (χ0v) is 16.7. The predicted octanol–water partition coefficient (Wildman–Crippen LogP) is 0.710. The van der Waals surface area contributed by atoms with E-state index in [1.807, 2.05) is 24.4 Å². The number of nitrogens with zero attached hydrogens (tertiary/aromatic N) is 10. The molecule has 0 amide bonds. The zero-order valence-electron chi connectivity index (χ0n) is 16.7. The van der Waals surface area contributed by atoms with Crippen LogP contribution in [0.4, 0.5) is 23.7 Å². The molecular formula is C20H24N10. The molecule has 0 saturated carbocycles. The summed E-state index contributed by atoms with van der Waals surface area (Å²) in [7, 11) is 0. The Morgan fingerprint density at radius 3 is 1.37 bits per heavy atom. The molecule has 0 radical (unpaired) electrons. The molecule has 0 N–H and O–H groups in total. The summed E-state index contributed by atoms with van der Waals surface area (Å²) >= 11 is 0. The van der Waals surface area contributed by atoms with Crippen LogP contribution in [0.2, 0.25) is 0 Å². The van der Waals surface area contributed by atoms with Gasteiger partial charge in [0, 0.05) is 83.3 Å². The van der Waals surface area contributed by atoms with Crippen LogP contribution in [0.1, 0.15) is 0 Å². The lowest BCUT2D eigenvalue weighted by Gasteiger charge is -2.36. The van der Waals surface area contributed by atoms with Crippen molar-refractivity contribution < 1.29 is 0 Å². The standard InChI is InChI=1S/C20H24N10/c1-4-21-18(22-5-1)28-11-9-27(10-12-28)17-3-8-25-20(26-17)30-15-13-29(14-16-30)19-23-6-2-7-24-19/h1-8H,9-16H2. The summed E-state index contributed by atoms with van der Waals surface area (Å²) in [6.07, 6.45) is 9.00. The second-order valence-electron chi connectivity index (χ2n) is 7.26. The highest BCUT2D eigenvalue weighted by Crippen LogP contribution is 2.20. The van der Waals surface area contributed by atoms with Crippen LogP contribution in [0.3, 0.4) is 0 Å². The molecule has 10 heteroatoms. The van der Waals surface area contributed by atoms with Gasteiger partial charge in [-0.05, 0) is 18.2 Å². The highest BCUT2D eigenvalue weighted by Gasteiger charge is 2.23. The largest absolute Gasteiger partial charge is 0.353 e. The van der Waals surface area contributed by atoms with E-state index in [4.69, 9.17) is 4.98 Å². The average Bonchev–Trinajstić information content (AvgIpc) is 2.85. The second-order valence-corrected chi connectivity index (χ2v) is 7.26. The lowest BCUT2D eigenvalue weighted by Crippen LogP contribution is -2.48. The number of aromatic nitrogens is 6. The molecule has 30 heavy (non-hydrogen) atoms. The number of hydrogen-bond acceptors (Lipinski definition) is 10. The number of piperazine rings is 2. The van der Waals surface area contributed by atoms with E-state index in [0.717, 1.165) is 76.0 Å². The summed E-state index contributed by atoms with van der Waals surface area (Å²) in [5, 5.41) is 0. The monoisotopic (exact) mass is 404 g/mol. The molecule has 2 fully saturated rings. The maximum atomic E-state index is 4.86. The topological polar surface area (TPSA) is 90.3 Å². The lowest BCUT2D eigenvalue weighted by molar-refractivity contribution is 0.619. The summed E-state index contributed by atoms with van der Waals surface area (Å²) in [6, 6.07) is 5.67. The van der Waals surface area contributed by atoms with Crippen molar-refractivity contribution in [1.82, 2.24) is 29.9 Å². The van der Waals surface area contributed by atoms with Gasteiger partial charge in [-0.1, -0.05) is 0 Å². The highest BCUT2D eigenvalue weighted by molar-refractivity contribution is 5.47. The molecule has 3 aromatic rings. The molecule has 10 nitrogen and oxygen atoms in total. The van der Waals surface area contributed by atoms with Crippen molar-refractivity contribution in [3.05, 3.63) is 49.2 Å². The van der Waals surface area contributed by atoms with Gasteiger partial charge in [-0.25, -0.2) is 24.9 Å². The summed E-state index contributed by atoms with van der Waals surface area (Å²) < 4.78 is 0. The summed E-state index contributed by atoms with van der Waals surface area (Å²) in [4.78, 5) is 35.7. The Bertz CT molecular complexity index is 863. The van der Waals surface area contributed by atoms with Crippen LogP contribution in [0.25, 0.3) is 0 Å². The lowest BCUT2D eigenvalue weighted by atomic mass is 10.3. The van der Waals surface area contributed by atoms with Crippen molar-refractivity contribution in [2.75, 3.05) is 72.0 Å². The molecule has 0 atom stereocenters. The number of hydrogen-bond donors (Lipinski definition) is 0. The zero-order chi connectivity index (χ0) is 20.2. The normalized spacial score (nSPS) is 17.3. The molecule has 2 saturated heterocycles. The molecule has 0 aliphatic carbocycles. The molecule has 0 aromatic carbocycles. The van der Waals surface area contributed by atoms with Crippen LogP contribution in [-0.4, -0.2) is 82.3 Å². The van der Waals surface area contributed by atoms with Crippen LogP contribution < -0.4 is 19.6 Å². The van der Waals surface area contributed by atoms with Gasteiger partial charge in [0.05, 0.1) is 0 Å². The molecule has 5 heterocycles. The van der Waals surface area contributed by atoms with E-state index in [9.17, 15) is 0 Å². The first-order chi connectivity index (χ1) is 14.9. The molecular weight excluding hydrogens is 380 g/mol. The van der Waals surface area contributed by atoms with E-state index in [2.05, 4.69) is 44.5 Å². The van der Waals surface area contributed by atoms with E-state index in [1.165, 1.54) is 0 Å². The minimum atomic E-state index is 0.784. The highest BCUT2D eigenvalue weighted by atomic mass is 15.4. The van der Waals surface area contributed by atoms with Gasteiger partial charge in [-0.15, -0.1) is 0 Å². The van der Waals surface area contributed by atoms with E-state index in [0.29, 0.717) is 0 Å². The molecule has 5 rings (SSSR count). The number of rotatable bonds is 4. The summed E-state index contributed by atoms with van der Waals surface area (Å²) in [5.41, 5.74) is 0. The minimum Gasteiger partial charge on any atom is -0.353 e. The molecule has 0 bridgehead atoms. The van der Waals surface area contributed by atoms with Crippen LogP contribution in [0.15, 0.2) is 49.2 Å². The first-order valence-corrected chi connectivity index (χ1v) is 10.2. The average molecular weight is 404 g/mol. The summed E-state index contributed by atoms with van der Waals surface area (Å²) in [6.45, 7) is 6.92. The first kappa shape index (κ1) is 18.5.